The number of aromatic amines is 1. The van der Waals surface area contributed by atoms with Crippen molar-refractivity contribution in [3.8, 4) is 28.5 Å². The van der Waals surface area contributed by atoms with Crippen molar-refractivity contribution in [1.82, 2.24) is 20.3 Å². The first-order chi connectivity index (χ1) is 16.3. The van der Waals surface area contributed by atoms with E-state index in [4.69, 9.17) is 16.3 Å². The second-order valence-electron chi connectivity index (χ2n) is 8.64. The molecule has 3 aromatic rings. The van der Waals surface area contributed by atoms with Gasteiger partial charge < -0.3 is 10.1 Å². The lowest BCUT2D eigenvalue weighted by Crippen LogP contribution is -2.46. The van der Waals surface area contributed by atoms with E-state index in [2.05, 4.69) is 20.3 Å². The molecule has 0 spiro atoms. The predicted octanol–water partition coefficient (Wildman–Crippen LogP) is 5.14. The fourth-order valence-electron chi connectivity index (χ4n) is 3.02. The monoisotopic (exact) mass is 508 g/mol. The van der Waals surface area contributed by atoms with Crippen LogP contribution in [0.2, 0.25) is 5.02 Å². The minimum Gasteiger partial charge on any atom is -0.491 e. The summed E-state index contributed by atoms with van der Waals surface area (Å²) in [5, 5.41) is 2.54. The first-order valence-electron chi connectivity index (χ1n) is 10.7. The maximum absolute atomic E-state index is 13.1. The maximum Gasteiger partial charge on any atom is 0.402 e. The summed E-state index contributed by atoms with van der Waals surface area (Å²) in [6, 6.07) is 11.5. The zero-order valence-corrected chi connectivity index (χ0v) is 20.2. The minimum absolute atomic E-state index is 0.0513. The number of carbonyl (C=O) groups is 1. The Labute approximate surface area is 204 Å². The van der Waals surface area contributed by atoms with Gasteiger partial charge in [0, 0.05) is 17.7 Å². The van der Waals surface area contributed by atoms with E-state index >= 15 is 0 Å². The van der Waals surface area contributed by atoms with Crippen molar-refractivity contribution in [2.45, 2.75) is 46.5 Å². The number of nitrogens with one attached hydrogen (secondary N) is 2. The fourth-order valence-corrected chi connectivity index (χ4v) is 3.22. The van der Waals surface area contributed by atoms with Crippen molar-refractivity contribution >= 4 is 17.5 Å². The van der Waals surface area contributed by atoms with Crippen LogP contribution in [-0.2, 0) is 11.3 Å². The van der Waals surface area contributed by atoms with Gasteiger partial charge in [0.1, 0.15) is 17.0 Å². The molecule has 11 heteroatoms. The maximum atomic E-state index is 13.1. The van der Waals surface area contributed by atoms with Crippen molar-refractivity contribution < 1.29 is 22.7 Å². The zero-order chi connectivity index (χ0) is 26.0. The van der Waals surface area contributed by atoms with Gasteiger partial charge in [0.25, 0.3) is 0 Å². The molecule has 186 valence electrons. The Morgan fingerprint density at radius 2 is 1.86 bits per heavy atom. The van der Waals surface area contributed by atoms with Gasteiger partial charge in [0.15, 0.2) is 5.82 Å². The number of carbonyl (C=O) groups excluding carboxylic acids is 1. The molecule has 7 nitrogen and oxygen atoms in total. The number of benzene rings is 2. The Morgan fingerprint density at radius 3 is 2.51 bits per heavy atom. The lowest BCUT2D eigenvalue weighted by molar-refractivity contribution is -0.211. The molecule has 0 aliphatic rings. The highest BCUT2D eigenvalue weighted by atomic mass is 35.5. The van der Waals surface area contributed by atoms with E-state index in [9.17, 15) is 22.8 Å². The van der Waals surface area contributed by atoms with Crippen LogP contribution in [0.5, 0.6) is 5.75 Å². The lowest BCUT2D eigenvalue weighted by atomic mass is 9.91. The van der Waals surface area contributed by atoms with Gasteiger partial charge in [-0.2, -0.15) is 18.2 Å². The molecular weight excluding hydrogens is 485 g/mol. The fraction of sp³-hybridized carbons (Fsp3) is 0.333. The van der Waals surface area contributed by atoms with Crippen molar-refractivity contribution in [3.05, 3.63) is 63.5 Å². The van der Waals surface area contributed by atoms with E-state index in [-0.39, 0.29) is 29.3 Å². The van der Waals surface area contributed by atoms with E-state index in [1.54, 1.807) is 30.3 Å². The van der Waals surface area contributed by atoms with Crippen LogP contribution in [0.15, 0.2) is 47.3 Å². The molecule has 2 aromatic carbocycles. The summed E-state index contributed by atoms with van der Waals surface area (Å²) >= 11 is 6.32. The van der Waals surface area contributed by atoms with Gasteiger partial charge in [-0.25, -0.2) is 9.78 Å². The number of H-pyrrole nitrogens is 1. The van der Waals surface area contributed by atoms with Crippen LogP contribution >= 0.6 is 11.6 Å². The molecule has 0 aliphatic carbocycles. The smallest absolute Gasteiger partial charge is 0.402 e. The molecule has 1 amide bonds. The van der Waals surface area contributed by atoms with Crippen LogP contribution < -0.4 is 15.7 Å². The van der Waals surface area contributed by atoms with Gasteiger partial charge in [-0.3, -0.25) is 9.78 Å². The number of alkyl halides is 3. The third-order valence-corrected chi connectivity index (χ3v) is 5.46. The Bertz CT molecular complexity index is 1290. The SMILES string of the molecule is CC(C)Oc1cccc(-c2nc(-c3cc(CNC(=O)C(C)(C)C(F)(F)F)ccc3Cl)[nH]c(=O)n2)c1. The van der Waals surface area contributed by atoms with Gasteiger partial charge in [-0.15, -0.1) is 0 Å². The Morgan fingerprint density at radius 1 is 1.14 bits per heavy atom. The molecule has 2 N–H and O–H groups in total. The van der Waals surface area contributed by atoms with Gasteiger partial charge in [-0.05, 0) is 57.5 Å². The first kappa shape index (κ1) is 26.2. The molecule has 1 aromatic heterocycles. The highest BCUT2D eigenvalue weighted by Gasteiger charge is 2.52. The molecule has 35 heavy (non-hydrogen) atoms. The van der Waals surface area contributed by atoms with Crippen molar-refractivity contribution in [1.29, 1.82) is 0 Å². The first-order valence-corrected chi connectivity index (χ1v) is 11.0. The second-order valence-corrected chi connectivity index (χ2v) is 9.05. The van der Waals surface area contributed by atoms with E-state index < -0.39 is 23.2 Å². The zero-order valence-electron chi connectivity index (χ0n) is 19.5. The molecule has 0 aliphatic heterocycles. The number of halogens is 4. The molecule has 0 unspecified atom stereocenters. The van der Waals surface area contributed by atoms with Crippen LogP contribution in [0.4, 0.5) is 13.2 Å². The standard InChI is InChI=1S/C24H24ClF3N4O3/c1-13(2)35-16-7-5-6-15(11-16)19-30-20(32-22(34)31-19)17-10-14(8-9-18(17)25)12-29-21(33)23(3,4)24(26,27)28/h5-11,13H,12H2,1-4H3,(H,29,33)(H,30,31,32,34). The second kappa shape index (κ2) is 10.1. The highest BCUT2D eigenvalue weighted by Crippen LogP contribution is 2.37. The van der Waals surface area contributed by atoms with E-state index in [1.807, 2.05) is 13.8 Å². The molecule has 3 rings (SSSR count). The average Bonchev–Trinajstić information content (AvgIpc) is 2.76. The summed E-state index contributed by atoms with van der Waals surface area (Å²) in [5.41, 5.74) is -1.89. The molecule has 1 heterocycles. The highest BCUT2D eigenvalue weighted by molar-refractivity contribution is 6.33. The van der Waals surface area contributed by atoms with Crippen molar-refractivity contribution in [2.24, 2.45) is 5.41 Å². The van der Waals surface area contributed by atoms with Crippen LogP contribution in [0.25, 0.3) is 22.8 Å². The number of rotatable bonds is 7. The number of aromatic nitrogens is 3. The van der Waals surface area contributed by atoms with Crippen LogP contribution in [0.1, 0.15) is 33.3 Å². The quantitative estimate of drug-likeness (QED) is 0.460. The molecule has 0 saturated heterocycles. The number of hydrogen-bond acceptors (Lipinski definition) is 5. The Hall–Kier alpha value is -3.40. The number of ether oxygens (including phenoxy) is 1. The van der Waals surface area contributed by atoms with Gasteiger partial charge in [0.2, 0.25) is 5.91 Å². The molecule has 0 radical (unpaired) electrons. The number of amides is 1. The topological polar surface area (TPSA) is 97.0 Å². The average molecular weight is 509 g/mol. The molecule has 0 atom stereocenters. The summed E-state index contributed by atoms with van der Waals surface area (Å²) in [6.07, 6.45) is -4.75. The summed E-state index contributed by atoms with van der Waals surface area (Å²) in [5.74, 6) is -0.327. The number of nitrogens with zero attached hydrogens (tertiary/aromatic N) is 2. The third-order valence-electron chi connectivity index (χ3n) is 5.13. The van der Waals surface area contributed by atoms with E-state index in [0.717, 1.165) is 13.8 Å². The van der Waals surface area contributed by atoms with Crippen molar-refractivity contribution in [2.75, 3.05) is 0 Å². The summed E-state index contributed by atoms with van der Waals surface area (Å²) in [6.45, 7) is 5.21. The largest absolute Gasteiger partial charge is 0.491 e. The predicted molar refractivity (Wildman–Crippen MR) is 126 cm³/mol. The third kappa shape index (κ3) is 6.19. The van der Waals surface area contributed by atoms with E-state index in [1.165, 1.54) is 12.1 Å². The summed E-state index contributed by atoms with van der Waals surface area (Å²) < 4.78 is 45.0. The normalized spacial score (nSPS) is 12.0. The Kier molecular flexibility index (Phi) is 7.54. The van der Waals surface area contributed by atoms with Crippen LogP contribution in [-0.4, -0.2) is 33.1 Å². The van der Waals surface area contributed by atoms with Crippen molar-refractivity contribution in [3.63, 3.8) is 0 Å². The summed E-state index contributed by atoms with van der Waals surface area (Å²) in [4.78, 5) is 35.3. The van der Waals surface area contributed by atoms with Gasteiger partial charge in [0.05, 0.1) is 11.1 Å². The molecule has 0 bridgehead atoms. The minimum atomic E-state index is -4.70. The van der Waals surface area contributed by atoms with Gasteiger partial charge in [-0.1, -0.05) is 29.8 Å². The molecule has 0 saturated carbocycles. The van der Waals surface area contributed by atoms with E-state index in [0.29, 0.717) is 22.4 Å². The number of hydrogen-bond donors (Lipinski definition) is 2. The Balaban J connectivity index is 1.91. The summed E-state index contributed by atoms with van der Waals surface area (Å²) in [7, 11) is 0. The van der Waals surface area contributed by atoms with Gasteiger partial charge >= 0.3 is 11.9 Å². The lowest BCUT2D eigenvalue weighted by Gasteiger charge is -2.26. The molecule has 0 fully saturated rings. The van der Waals surface area contributed by atoms with Crippen LogP contribution in [0.3, 0.4) is 0 Å². The molecular formula is C24H24ClF3N4O3. The van der Waals surface area contributed by atoms with Crippen LogP contribution in [0, 0.1) is 5.41 Å².